The van der Waals surface area contributed by atoms with Gasteiger partial charge in [-0.2, -0.15) is 0 Å². The molecule has 22 heavy (non-hydrogen) atoms. The molecule has 116 valence electrons. The van der Waals surface area contributed by atoms with Crippen LogP contribution in [-0.2, 0) is 16.4 Å². The molecule has 1 aliphatic rings. The molecule has 0 amide bonds. The SMILES string of the molecule is NS(=O)(=O)c1cccnc1N1CC[C@H](Cc2ccccc2)C1. The highest BCUT2D eigenvalue weighted by atomic mass is 32.2. The van der Waals surface area contributed by atoms with Crippen molar-refractivity contribution in [2.75, 3.05) is 18.0 Å². The summed E-state index contributed by atoms with van der Waals surface area (Å²) in [6.45, 7) is 1.60. The number of hydrogen-bond acceptors (Lipinski definition) is 4. The van der Waals surface area contributed by atoms with Crippen LogP contribution in [0.1, 0.15) is 12.0 Å². The fourth-order valence-electron chi connectivity index (χ4n) is 2.98. The Labute approximate surface area is 130 Å². The molecule has 1 atom stereocenters. The van der Waals surface area contributed by atoms with Crippen LogP contribution in [0.25, 0.3) is 0 Å². The lowest BCUT2D eigenvalue weighted by Gasteiger charge is -2.19. The molecule has 0 spiro atoms. The van der Waals surface area contributed by atoms with E-state index in [0.29, 0.717) is 11.7 Å². The van der Waals surface area contributed by atoms with E-state index < -0.39 is 10.0 Å². The number of aromatic nitrogens is 1. The number of nitrogens with zero attached hydrogens (tertiary/aromatic N) is 2. The van der Waals surface area contributed by atoms with Crippen molar-refractivity contribution in [1.29, 1.82) is 0 Å². The number of benzene rings is 1. The molecule has 0 saturated carbocycles. The van der Waals surface area contributed by atoms with Gasteiger partial charge in [0.05, 0.1) is 0 Å². The van der Waals surface area contributed by atoms with Gasteiger partial charge in [-0.15, -0.1) is 0 Å². The van der Waals surface area contributed by atoms with Gasteiger partial charge in [-0.3, -0.25) is 0 Å². The lowest BCUT2D eigenvalue weighted by atomic mass is 9.99. The van der Waals surface area contributed by atoms with Crippen molar-refractivity contribution in [3.8, 4) is 0 Å². The van der Waals surface area contributed by atoms with Crippen LogP contribution in [0.15, 0.2) is 53.6 Å². The maximum absolute atomic E-state index is 11.7. The molecular weight excluding hydrogens is 298 g/mol. The summed E-state index contributed by atoms with van der Waals surface area (Å²) in [6.07, 6.45) is 3.62. The van der Waals surface area contributed by atoms with Gasteiger partial charge < -0.3 is 4.90 Å². The molecule has 1 saturated heterocycles. The van der Waals surface area contributed by atoms with Crippen molar-refractivity contribution in [2.45, 2.75) is 17.7 Å². The zero-order valence-corrected chi connectivity index (χ0v) is 13.0. The number of hydrogen-bond donors (Lipinski definition) is 1. The second kappa shape index (κ2) is 6.06. The zero-order valence-electron chi connectivity index (χ0n) is 12.2. The van der Waals surface area contributed by atoms with Crippen LogP contribution < -0.4 is 10.0 Å². The summed E-state index contributed by atoms with van der Waals surface area (Å²) >= 11 is 0. The topological polar surface area (TPSA) is 76.3 Å². The van der Waals surface area contributed by atoms with Crippen LogP contribution in [0, 0.1) is 5.92 Å². The first kappa shape index (κ1) is 15.0. The van der Waals surface area contributed by atoms with Crippen molar-refractivity contribution in [3.63, 3.8) is 0 Å². The number of rotatable bonds is 4. The molecule has 3 rings (SSSR count). The second-order valence-corrected chi connectivity index (χ2v) is 7.19. The monoisotopic (exact) mass is 317 g/mol. The third kappa shape index (κ3) is 3.28. The average Bonchev–Trinajstić information content (AvgIpc) is 2.96. The van der Waals surface area contributed by atoms with Gasteiger partial charge >= 0.3 is 0 Å². The van der Waals surface area contributed by atoms with E-state index in [2.05, 4.69) is 17.1 Å². The molecular formula is C16H19N3O2S. The van der Waals surface area contributed by atoms with Gasteiger partial charge in [-0.05, 0) is 36.5 Å². The molecule has 5 nitrogen and oxygen atoms in total. The lowest BCUT2D eigenvalue weighted by molar-refractivity contribution is 0.584. The van der Waals surface area contributed by atoms with Crippen LogP contribution >= 0.6 is 0 Å². The van der Waals surface area contributed by atoms with Crippen molar-refractivity contribution in [2.24, 2.45) is 11.1 Å². The summed E-state index contributed by atoms with van der Waals surface area (Å²) in [5.41, 5.74) is 1.31. The fraction of sp³-hybridized carbons (Fsp3) is 0.312. The average molecular weight is 317 g/mol. The molecule has 0 aliphatic carbocycles. The molecule has 0 radical (unpaired) electrons. The Morgan fingerprint density at radius 2 is 1.95 bits per heavy atom. The van der Waals surface area contributed by atoms with E-state index in [9.17, 15) is 8.42 Å². The van der Waals surface area contributed by atoms with Crippen LogP contribution in [0.2, 0.25) is 0 Å². The van der Waals surface area contributed by atoms with E-state index in [1.165, 1.54) is 11.6 Å². The van der Waals surface area contributed by atoms with Crippen LogP contribution in [0.5, 0.6) is 0 Å². The Hall–Kier alpha value is -1.92. The van der Waals surface area contributed by atoms with Crippen molar-refractivity contribution < 1.29 is 8.42 Å². The highest BCUT2D eigenvalue weighted by Crippen LogP contribution is 2.28. The number of sulfonamides is 1. The Balaban J connectivity index is 1.76. The Morgan fingerprint density at radius 3 is 2.68 bits per heavy atom. The Kier molecular flexibility index (Phi) is 4.13. The summed E-state index contributed by atoms with van der Waals surface area (Å²) in [6, 6.07) is 13.5. The maximum Gasteiger partial charge on any atom is 0.241 e. The largest absolute Gasteiger partial charge is 0.355 e. The first-order valence-corrected chi connectivity index (χ1v) is 8.85. The predicted octanol–water partition coefficient (Wildman–Crippen LogP) is 1.80. The summed E-state index contributed by atoms with van der Waals surface area (Å²) in [7, 11) is -3.75. The molecule has 2 heterocycles. The van der Waals surface area contributed by atoms with E-state index in [1.54, 1.807) is 12.3 Å². The molecule has 1 aliphatic heterocycles. The van der Waals surface area contributed by atoms with Crippen LogP contribution in [-0.4, -0.2) is 26.5 Å². The zero-order chi connectivity index (χ0) is 15.6. The van der Waals surface area contributed by atoms with Gasteiger partial charge in [0.1, 0.15) is 10.7 Å². The molecule has 1 aromatic carbocycles. The summed E-state index contributed by atoms with van der Waals surface area (Å²) < 4.78 is 23.4. The van der Waals surface area contributed by atoms with Gasteiger partial charge in [-0.1, -0.05) is 30.3 Å². The first-order valence-electron chi connectivity index (χ1n) is 7.31. The third-order valence-electron chi connectivity index (χ3n) is 4.01. The minimum atomic E-state index is -3.75. The van der Waals surface area contributed by atoms with Crippen LogP contribution in [0.3, 0.4) is 0 Å². The highest BCUT2D eigenvalue weighted by Gasteiger charge is 2.27. The molecule has 6 heteroatoms. The number of anilines is 1. The highest BCUT2D eigenvalue weighted by molar-refractivity contribution is 7.89. The van der Waals surface area contributed by atoms with E-state index in [0.717, 1.165) is 25.9 Å². The molecule has 0 unspecified atom stereocenters. The van der Waals surface area contributed by atoms with Gasteiger partial charge in [0.15, 0.2) is 0 Å². The summed E-state index contributed by atoms with van der Waals surface area (Å²) in [5.74, 6) is 0.971. The predicted molar refractivity (Wildman–Crippen MR) is 86.1 cm³/mol. The smallest absolute Gasteiger partial charge is 0.241 e. The Bertz CT molecular complexity index is 747. The fourth-order valence-corrected chi connectivity index (χ4v) is 3.69. The standard InChI is InChI=1S/C16H19N3O2S/c17-22(20,21)15-7-4-9-18-16(15)19-10-8-14(12-19)11-13-5-2-1-3-6-13/h1-7,9,14H,8,10-12H2,(H2,17,20,21)/t14-/m1/s1. The number of nitrogens with two attached hydrogens (primary N) is 1. The quantitative estimate of drug-likeness (QED) is 0.933. The van der Waals surface area contributed by atoms with Crippen molar-refractivity contribution in [3.05, 3.63) is 54.2 Å². The lowest BCUT2D eigenvalue weighted by Crippen LogP contribution is -2.25. The minimum Gasteiger partial charge on any atom is -0.355 e. The Morgan fingerprint density at radius 1 is 1.18 bits per heavy atom. The minimum absolute atomic E-state index is 0.107. The summed E-state index contributed by atoms with van der Waals surface area (Å²) in [4.78, 5) is 6.36. The van der Waals surface area contributed by atoms with E-state index in [1.807, 2.05) is 23.1 Å². The number of pyridine rings is 1. The van der Waals surface area contributed by atoms with Gasteiger partial charge in [0.25, 0.3) is 0 Å². The summed E-state index contributed by atoms with van der Waals surface area (Å²) in [5, 5.41) is 5.29. The van der Waals surface area contributed by atoms with Crippen molar-refractivity contribution in [1.82, 2.24) is 4.98 Å². The molecule has 0 bridgehead atoms. The molecule has 2 N–H and O–H groups in total. The third-order valence-corrected chi connectivity index (χ3v) is 4.94. The van der Waals surface area contributed by atoms with Gasteiger partial charge in [-0.25, -0.2) is 18.5 Å². The molecule has 2 aromatic rings. The van der Waals surface area contributed by atoms with Crippen LogP contribution in [0.4, 0.5) is 5.82 Å². The van der Waals surface area contributed by atoms with E-state index >= 15 is 0 Å². The second-order valence-electron chi connectivity index (χ2n) is 5.66. The number of primary sulfonamides is 1. The van der Waals surface area contributed by atoms with Crippen molar-refractivity contribution >= 4 is 15.8 Å². The first-order chi connectivity index (χ1) is 10.5. The van der Waals surface area contributed by atoms with Gasteiger partial charge in [0, 0.05) is 19.3 Å². The molecule has 1 aromatic heterocycles. The van der Waals surface area contributed by atoms with E-state index in [4.69, 9.17) is 5.14 Å². The molecule has 1 fully saturated rings. The van der Waals surface area contributed by atoms with Gasteiger partial charge in [0.2, 0.25) is 10.0 Å². The van der Waals surface area contributed by atoms with E-state index in [-0.39, 0.29) is 4.90 Å². The maximum atomic E-state index is 11.7. The normalized spacial score (nSPS) is 18.6.